The van der Waals surface area contributed by atoms with Gasteiger partial charge < -0.3 is 15.3 Å². The van der Waals surface area contributed by atoms with Crippen LogP contribution in [0.2, 0.25) is 0 Å². The van der Waals surface area contributed by atoms with Crippen molar-refractivity contribution in [1.29, 1.82) is 0 Å². The van der Waals surface area contributed by atoms with Crippen LogP contribution in [0.1, 0.15) is 18.9 Å². The lowest BCUT2D eigenvalue weighted by Crippen LogP contribution is -2.30. The van der Waals surface area contributed by atoms with Crippen molar-refractivity contribution in [2.24, 2.45) is 0 Å². The van der Waals surface area contributed by atoms with Crippen molar-refractivity contribution in [2.75, 3.05) is 29.9 Å². The second kappa shape index (κ2) is 5.08. The summed E-state index contributed by atoms with van der Waals surface area (Å²) < 4.78 is 0. The van der Waals surface area contributed by atoms with Gasteiger partial charge in [-0.05, 0) is 30.5 Å². The molecule has 92 valence electrons. The molecule has 0 bridgehead atoms. The van der Waals surface area contributed by atoms with E-state index < -0.39 is 5.97 Å². The van der Waals surface area contributed by atoms with Crippen LogP contribution in [0.3, 0.4) is 0 Å². The summed E-state index contributed by atoms with van der Waals surface area (Å²) in [6.45, 7) is 3.86. The monoisotopic (exact) mass is 234 g/mol. The lowest BCUT2D eigenvalue weighted by molar-refractivity contribution is -0.135. The van der Waals surface area contributed by atoms with Crippen LogP contribution in [-0.4, -0.2) is 30.7 Å². The molecule has 2 N–H and O–H groups in total. The van der Waals surface area contributed by atoms with Crippen molar-refractivity contribution in [3.63, 3.8) is 0 Å². The molecule has 0 aromatic heterocycles. The first-order valence-corrected chi connectivity index (χ1v) is 6.04. The highest BCUT2D eigenvalue weighted by molar-refractivity contribution is 5.79. The third kappa shape index (κ3) is 2.70. The van der Waals surface area contributed by atoms with E-state index in [1.807, 2.05) is 11.0 Å². The number of anilines is 2. The van der Waals surface area contributed by atoms with E-state index in [1.54, 1.807) is 0 Å². The lowest BCUT2D eigenvalue weighted by Gasteiger charge is -2.23. The second-order valence-corrected chi connectivity index (χ2v) is 4.30. The fraction of sp³-hybridized carbons (Fsp3) is 0.462. The molecule has 0 saturated carbocycles. The molecule has 0 spiro atoms. The number of hydrogen-bond acceptors (Lipinski definition) is 3. The highest BCUT2D eigenvalue weighted by Crippen LogP contribution is 2.29. The minimum Gasteiger partial charge on any atom is -0.480 e. The van der Waals surface area contributed by atoms with Gasteiger partial charge in [0.25, 0.3) is 0 Å². The Labute approximate surface area is 101 Å². The first kappa shape index (κ1) is 11.8. The van der Waals surface area contributed by atoms with Crippen LogP contribution >= 0.6 is 0 Å². The van der Waals surface area contributed by atoms with E-state index in [2.05, 4.69) is 24.4 Å². The van der Waals surface area contributed by atoms with Crippen molar-refractivity contribution >= 4 is 17.3 Å². The number of fused-ring (bicyclic) bond motifs is 1. The summed E-state index contributed by atoms with van der Waals surface area (Å²) in [5, 5.41) is 12.3. The summed E-state index contributed by atoms with van der Waals surface area (Å²) in [5.74, 6) is -0.778. The van der Waals surface area contributed by atoms with E-state index in [4.69, 9.17) is 5.11 Å². The molecule has 0 saturated heterocycles. The Bertz CT molecular complexity index is 418. The SMILES string of the molecule is CCc1ccc2c(c1)N(CC(=O)O)CCCN2. The molecule has 0 aliphatic carbocycles. The van der Waals surface area contributed by atoms with Crippen LogP contribution in [0, 0.1) is 0 Å². The maximum atomic E-state index is 10.9. The highest BCUT2D eigenvalue weighted by atomic mass is 16.4. The summed E-state index contributed by atoms with van der Waals surface area (Å²) in [4.78, 5) is 12.8. The standard InChI is InChI=1S/C13H18N2O2/c1-2-10-4-5-11-12(8-10)15(9-13(16)17)7-3-6-14-11/h4-5,8,14H,2-3,6-7,9H2,1H3,(H,16,17). The second-order valence-electron chi connectivity index (χ2n) is 4.30. The van der Waals surface area contributed by atoms with Crippen molar-refractivity contribution in [2.45, 2.75) is 19.8 Å². The molecule has 0 fully saturated rings. The first-order chi connectivity index (χ1) is 8.20. The van der Waals surface area contributed by atoms with Crippen LogP contribution in [0.15, 0.2) is 18.2 Å². The molecule has 4 heteroatoms. The van der Waals surface area contributed by atoms with Gasteiger partial charge in [0.1, 0.15) is 6.54 Å². The predicted molar refractivity (Wildman–Crippen MR) is 68.8 cm³/mol. The third-order valence-corrected chi connectivity index (χ3v) is 3.06. The van der Waals surface area contributed by atoms with E-state index in [-0.39, 0.29) is 6.54 Å². The van der Waals surface area contributed by atoms with Crippen molar-refractivity contribution in [3.8, 4) is 0 Å². The van der Waals surface area contributed by atoms with Crippen molar-refractivity contribution in [3.05, 3.63) is 23.8 Å². The van der Waals surface area contributed by atoms with Gasteiger partial charge in [-0.1, -0.05) is 13.0 Å². The number of aryl methyl sites for hydroxylation is 1. The Balaban J connectivity index is 2.34. The molecule has 0 unspecified atom stereocenters. The quantitative estimate of drug-likeness (QED) is 0.839. The van der Waals surface area contributed by atoms with E-state index in [1.165, 1.54) is 5.56 Å². The summed E-state index contributed by atoms with van der Waals surface area (Å²) in [6, 6.07) is 6.24. The number of aliphatic carboxylic acids is 1. The van der Waals surface area contributed by atoms with Gasteiger partial charge in [0, 0.05) is 13.1 Å². The third-order valence-electron chi connectivity index (χ3n) is 3.06. The van der Waals surface area contributed by atoms with Crippen molar-refractivity contribution < 1.29 is 9.90 Å². The Morgan fingerprint density at radius 1 is 1.53 bits per heavy atom. The molecule has 1 aromatic carbocycles. The fourth-order valence-electron chi connectivity index (χ4n) is 2.15. The molecule has 1 aromatic rings. The van der Waals surface area contributed by atoms with Gasteiger partial charge >= 0.3 is 5.97 Å². The Kier molecular flexibility index (Phi) is 3.52. The minimum atomic E-state index is -0.778. The Morgan fingerprint density at radius 2 is 2.35 bits per heavy atom. The zero-order valence-electron chi connectivity index (χ0n) is 10.1. The van der Waals surface area contributed by atoms with Crippen LogP contribution in [0.25, 0.3) is 0 Å². The average Bonchev–Trinajstić information content (AvgIpc) is 2.51. The van der Waals surface area contributed by atoms with Crippen molar-refractivity contribution in [1.82, 2.24) is 0 Å². The Hall–Kier alpha value is -1.71. The maximum absolute atomic E-state index is 10.9. The molecular formula is C13H18N2O2. The Morgan fingerprint density at radius 3 is 3.06 bits per heavy atom. The average molecular weight is 234 g/mol. The van der Waals surface area contributed by atoms with E-state index in [0.717, 1.165) is 37.3 Å². The fourth-order valence-corrected chi connectivity index (χ4v) is 2.15. The minimum absolute atomic E-state index is 0.0713. The van der Waals surface area contributed by atoms with Crippen LogP contribution in [0.4, 0.5) is 11.4 Å². The number of benzene rings is 1. The smallest absolute Gasteiger partial charge is 0.323 e. The number of carbonyl (C=O) groups is 1. The summed E-state index contributed by atoms with van der Waals surface area (Å²) in [7, 11) is 0. The molecule has 0 atom stereocenters. The number of nitrogens with zero attached hydrogens (tertiary/aromatic N) is 1. The highest BCUT2D eigenvalue weighted by Gasteiger charge is 2.17. The number of rotatable bonds is 3. The molecular weight excluding hydrogens is 216 g/mol. The number of carboxylic acids is 1. The van der Waals surface area contributed by atoms with Gasteiger partial charge in [-0.25, -0.2) is 0 Å². The van der Waals surface area contributed by atoms with E-state index >= 15 is 0 Å². The molecule has 0 amide bonds. The molecule has 1 aliphatic heterocycles. The lowest BCUT2D eigenvalue weighted by atomic mass is 10.1. The zero-order chi connectivity index (χ0) is 12.3. The number of carboxylic acid groups (broad SMARTS) is 1. The van der Waals surface area contributed by atoms with Gasteiger partial charge in [-0.2, -0.15) is 0 Å². The number of hydrogen-bond donors (Lipinski definition) is 2. The summed E-state index contributed by atoms with van der Waals surface area (Å²) >= 11 is 0. The van der Waals surface area contributed by atoms with E-state index in [9.17, 15) is 4.79 Å². The van der Waals surface area contributed by atoms with Gasteiger partial charge in [-0.15, -0.1) is 0 Å². The predicted octanol–water partition coefficient (Wildman–Crippen LogP) is 1.96. The normalized spacial score (nSPS) is 14.8. The topological polar surface area (TPSA) is 52.6 Å². The molecule has 1 aliphatic rings. The van der Waals surface area contributed by atoms with E-state index in [0.29, 0.717) is 0 Å². The van der Waals surface area contributed by atoms with Gasteiger partial charge in [0.15, 0.2) is 0 Å². The van der Waals surface area contributed by atoms with Gasteiger partial charge in [0.05, 0.1) is 11.4 Å². The van der Waals surface area contributed by atoms with Gasteiger partial charge in [-0.3, -0.25) is 4.79 Å². The molecule has 17 heavy (non-hydrogen) atoms. The molecule has 2 rings (SSSR count). The maximum Gasteiger partial charge on any atom is 0.323 e. The van der Waals surface area contributed by atoms with Gasteiger partial charge in [0.2, 0.25) is 0 Å². The summed E-state index contributed by atoms with van der Waals surface area (Å²) in [5.41, 5.74) is 3.30. The molecule has 1 heterocycles. The van der Waals surface area contributed by atoms with Crippen LogP contribution in [-0.2, 0) is 11.2 Å². The largest absolute Gasteiger partial charge is 0.480 e. The molecule has 0 radical (unpaired) electrons. The summed E-state index contributed by atoms with van der Waals surface area (Å²) in [6.07, 6.45) is 1.93. The zero-order valence-corrected chi connectivity index (χ0v) is 10.1. The molecule has 4 nitrogen and oxygen atoms in total. The van der Waals surface area contributed by atoms with Crippen LogP contribution in [0.5, 0.6) is 0 Å². The number of nitrogens with one attached hydrogen (secondary N) is 1. The first-order valence-electron chi connectivity index (χ1n) is 6.04. The van der Waals surface area contributed by atoms with Crippen LogP contribution < -0.4 is 10.2 Å².